The molecule has 3 rings (SSSR count). The smallest absolute Gasteiger partial charge is 0.240 e. The van der Waals surface area contributed by atoms with Crippen molar-refractivity contribution in [3.63, 3.8) is 0 Å². The lowest BCUT2D eigenvalue weighted by Crippen LogP contribution is -2.43. The Morgan fingerprint density at radius 2 is 1.90 bits per heavy atom. The summed E-state index contributed by atoms with van der Waals surface area (Å²) in [6.45, 7) is 2.99. The largest absolute Gasteiger partial charge is 0.376 e. The number of anilines is 2. The average Bonchev–Trinajstić information content (AvgIpc) is 3.30. The van der Waals surface area contributed by atoms with E-state index < -0.39 is 0 Å². The van der Waals surface area contributed by atoms with Crippen molar-refractivity contribution in [3.05, 3.63) is 54.2 Å². The van der Waals surface area contributed by atoms with E-state index in [1.165, 1.54) is 4.90 Å². The number of rotatable bonds is 9. The Hall–Kier alpha value is -3.26. The van der Waals surface area contributed by atoms with Crippen molar-refractivity contribution in [1.29, 1.82) is 0 Å². The molecule has 1 aliphatic rings. The molecule has 1 saturated heterocycles. The van der Waals surface area contributed by atoms with E-state index in [0.29, 0.717) is 18.1 Å². The van der Waals surface area contributed by atoms with E-state index in [1.54, 1.807) is 36.5 Å². The van der Waals surface area contributed by atoms with Gasteiger partial charge in [-0.05, 0) is 44.0 Å². The van der Waals surface area contributed by atoms with Gasteiger partial charge in [0.1, 0.15) is 12.4 Å². The van der Waals surface area contributed by atoms with Gasteiger partial charge in [-0.1, -0.05) is 23.8 Å². The Balaban J connectivity index is 1.58. The lowest BCUT2D eigenvalue weighted by molar-refractivity contribution is -0.125. The number of hydrogen-bond donors (Lipinski definition) is 2. The maximum atomic E-state index is 12.9. The van der Waals surface area contributed by atoms with Gasteiger partial charge in [0.2, 0.25) is 17.7 Å². The van der Waals surface area contributed by atoms with E-state index in [4.69, 9.17) is 4.74 Å². The summed E-state index contributed by atoms with van der Waals surface area (Å²) < 4.78 is 5.52. The monoisotopic (exact) mass is 424 g/mol. The Morgan fingerprint density at radius 1 is 1.10 bits per heavy atom. The number of carbonyl (C=O) groups excluding carboxylic acids is 3. The van der Waals surface area contributed by atoms with Crippen molar-refractivity contribution in [2.24, 2.45) is 0 Å². The number of nitrogens with zero attached hydrogens (tertiary/aromatic N) is 2. The predicted octanol–water partition coefficient (Wildman–Crippen LogP) is 2.44. The molecule has 1 fully saturated rings. The van der Waals surface area contributed by atoms with Gasteiger partial charge in [-0.2, -0.15) is 0 Å². The van der Waals surface area contributed by atoms with Crippen molar-refractivity contribution >= 4 is 29.2 Å². The molecule has 8 heteroatoms. The normalized spacial score (nSPS) is 15.3. The van der Waals surface area contributed by atoms with E-state index in [9.17, 15) is 14.4 Å². The lowest BCUT2D eigenvalue weighted by atomic mass is 10.2. The zero-order valence-electron chi connectivity index (χ0n) is 17.7. The molecule has 1 aliphatic heterocycles. The maximum Gasteiger partial charge on any atom is 0.240 e. The van der Waals surface area contributed by atoms with E-state index in [2.05, 4.69) is 15.6 Å². The second kappa shape index (κ2) is 11.2. The molecule has 0 unspecified atom stereocenters. The first-order valence-electron chi connectivity index (χ1n) is 10.5. The molecule has 1 aromatic heterocycles. The highest BCUT2D eigenvalue weighted by molar-refractivity contribution is 6.01. The lowest BCUT2D eigenvalue weighted by Gasteiger charge is -2.23. The van der Waals surface area contributed by atoms with Crippen LogP contribution in [0.4, 0.5) is 11.5 Å². The summed E-state index contributed by atoms with van der Waals surface area (Å²) in [6.07, 6.45) is 3.50. The number of hydrogen-bond acceptors (Lipinski definition) is 5. The van der Waals surface area contributed by atoms with E-state index >= 15 is 0 Å². The topological polar surface area (TPSA) is 101 Å². The quantitative estimate of drug-likeness (QED) is 0.644. The fourth-order valence-electron chi connectivity index (χ4n) is 3.28. The van der Waals surface area contributed by atoms with Crippen LogP contribution in [0.5, 0.6) is 0 Å². The summed E-state index contributed by atoms with van der Waals surface area (Å²) in [5.74, 6) is -0.433. The molecule has 31 heavy (non-hydrogen) atoms. The highest BCUT2D eigenvalue weighted by Gasteiger charge is 2.22. The van der Waals surface area contributed by atoms with Gasteiger partial charge < -0.3 is 20.3 Å². The van der Waals surface area contributed by atoms with Gasteiger partial charge in [-0.3, -0.25) is 14.4 Å². The standard InChI is InChI=1S/C23H28N4O4/c1-17-7-9-18(10-8-17)27(16-22(29)25-15-19-5-4-14-31-19)23(30)12-11-21(28)26-20-6-2-3-13-24-20/h2-3,6-10,13,19H,4-5,11-12,14-16H2,1H3,(H,25,29)(H,24,26,28)/t19-/m0/s1. The van der Waals surface area contributed by atoms with Gasteiger partial charge in [0.15, 0.2) is 0 Å². The number of carbonyl (C=O) groups is 3. The van der Waals surface area contributed by atoms with Gasteiger partial charge in [0, 0.05) is 37.9 Å². The first-order valence-corrected chi connectivity index (χ1v) is 10.5. The number of pyridine rings is 1. The molecule has 0 saturated carbocycles. The molecule has 0 aliphatic carbocycles. The molecule has 0 bridgehead atoms. The Labute approximate surface area is 182 Å². The van der Waals surface area contributed by atoms with Crippen LogP contribution in [0.25, 0.3) is 0 Å². The van der Waals surface area contributed by atoms with Crippen molar-refractivity contribution < 1.29 is 19.1 Å². The molecule has 1 atom stereocenters. The highest BCUT2D eigenvalue weighted by Crippen LogP contribution is 2.17. The molecule has 2 heterocycles. The van der Waals surface area contributed by atoms with Crippen LogP contribution in [0.2, 0.25) is 0 Å². The van der Waals surface area contributed by atoms with E-state index in [1.807, 2.05) is 19.1 Å². The SMILES string of the molecule is Cc1ccc(N(CC(=O)NC[C@@H]2CCCO2)C(=O)CCC(=O)Nc2ccccn2)cc1. The van der Waals surface area contributed by atoms with Crippen molar-refractivity contribution in [3.8, 4) is 0 Å². The van der Waals surface area contributed by atoms with Crippen LogP contribution >= 0.6 is 0 Å². The number of nitrogens with one attached hydrogen (secondary N) is 2. The first kappa shape index (κ1) is 22.4. The number of aryl methyl sites for hydroxylation is 1. The Bertz CT molecular complexity index is 880. The van der Waals surface area contributed by atoms with E-state index in [-0.39, 0.29) is 43.2 Å². The van der Waals surface area contributed by atoms with Crippen molar-refractivity contribution in [1.82, 2.24) is 10.3 Å². The van der Waals surface area contributed by atoms with Crippen LogP contribution in [-0.4, -0.2) is 48.5 Å². The zero-order chi connectivity index (χ0) is 22.1. The Morgan fingerprint density at radius 3 is 2.58 bits per heavy atom. The third kappa shape index (κ3) is 7.18. The van der Waals surface area contributed by atoms with Gasteiger partial charge in [-0.15, -0.1) is 0 Å². The van der Waals surface area contributed by atoms with Crippen molar-refractivity contribution in [2.75, 3.05) is 29.9 Å². The number of ether oxygens (including phenoxy) is 1. The van der Waals surface area contributed by atoms with Gasteiger partial charge >= 0.3 is 0 Å². The first-order chi connectivity index (χ1) is 15.0. The molecule has 3 amide bonds. The zero-order valence-corrected chi connectivity index (χ0v) is 17.7. The van der Waals surface area contributed by atoms with Gasteiger partial charge in [0.25, 0.3) is 0 Å². The maximum absolute atomic E-state index is 12.9. The molecule has 164 valence electrons. The summed E-state index contributed by atoms with van der Waals surface area (Å²) in [5, 5.41) is 5.51. The summed E-state index contributed by atoms with van der Waals surface area (Å²) in [6, 6.07) is 12.6. The number of aromatic nitrogens is 1. The number of benzene rings is 1. The molecule has 8 nitrogen and oxygen atoms in total. The van der Waals surface area contributed by atoms with Gasteiger partial charge in [-0.25, -0.2) is 4.98 Å². The minimum absolute atomic E-state index is 0.00466. The molecule has 1 aromatic carbocycles. The molecule has 2 aromatic rings. The number of amides is 3. The van der Waals surface area contributed by atoms with Crippen LogP contribution in [0.1, 0.15) is 31.2 Å². The molecular weight excluding hydrogens is 396 g/mol. The van der Waals surface area contributed by atoms with Crippen LogP contribution in [-0.2, 0) is 19.1 Å². The van der Waals surface area contributed by atoms with E-state index in [0.717, 1.165) is 25.0 Å². The second-order valence-corrected chi connectivity index (χ2v) is 7.52. The van der Waals surface area contributed by atoms with Crippen molar-refractivity contribution in [2.45, 2.75) is 38.7 Å². The molecule has 0 spiro atoms. The highest BCUT2D eigenvalue weighted by atomic mass is 16.5. The summed E-state index contributed by atoms with van der Waals surface area (Å²) in [5.41, 5.74) is 1.67. The molecular formula is C23H28N4O4. The van der Waals surface area contributed by atoms with Crippen LogP contribution < -0.4 is 15.5 Å². The van der Waals surface area contributed by atoms with Crippen LogP contribution in [0.15, 0.2) is 48.7 Å². The molecule has 0 radical (unpaired) electrons. The third-order valence-corrected chi connectivity index (χ3v) is 5.00. The van der Waals surface area contributed by atoms with Crippen LogP contribution in [0, 0.1) is 6.92 Å². The summed E-state index contributed by atoms with van der Waals surface area (Å²) >= 11 is 0. The summed E-state index contributed by atoms with van der Waals surface area (Å²) in [7, 11) is 0. The second-order valence-electron chi connectivity index (χ2n) is 7.52. The minimum atomic E-state index is -0.307. The minimum Gasteiger partial charge on any atom is -0.376 e. The fourth-order valence-corrected chi connectivity index (χ4v) is 3.28. The molecule has 2 N–H and O–H groups in total. The average molecular weight is 425 g/mol. The third-order valence-electron chi connectivity index (χ3n) is 5.00. The predicted molar refractivity (Wildman–Crippen MR) is 118 cm³/mol. The van der Waals surface area contributed by atoms with Gasteiger partial charge in [0.05, 0.1) is 6.10 Å². The summed E-state index contributed by atoms with van der Waals surface area (Å²) in [4.78, 5) is 43.0. The van der Waals surface area contributed by atoms with Crippen LogP contribution in [0.3, 0.4) is 0 Å². The fraction of sp³-hybridized carbons (Fsp3) is 0.391. The Kier molecular flexibility index (Phi) is 8.12.